The molecule has 0 heterocycles. The first-order valence-electron chi connectivity index (χ1n) is 5.88. The number of anilines is 1. The molecule has 4 heteroatoms. The molecule has 0 saturated heterocycles. The van der Waals surface area contributed by atoms with Crippen molar-refractivity contribution in [2.45, 2.75) is 13.1 Å². The van der Waals surface area contributed by atoms with E-state index in [4.69, 9.17) is 0 Å². The van der Waals surface area contributed by atoms with Crippen molar-refractivity contribution < 1.29 is 13.2 Å². The van der Waals surface area contributed by atoms with E-state index in [0.29, 0.717) is 11.3 Å². The van der Waals surface area contributed by atoms with Gasteiger partial charge < -0.3 is 5.32 Å². The number of halogens is 3. The monoisotopic (exact) mass is 265 g/mol. The van der Waals surface area contributed by atoms with Crippen LogP contribution in [0.4, 0.5) is 18.9 Å². The topological polar surface area (TPSA) is 12.0 Å². The van der Waals surface area contributed by atoms with E-state index in [1.54, 1.807) is 7.05 Å². The van der Waals surface area contributed by atoms with Crippen LogP contribution in [0.5, 0.6) is 0 Å². The lowest BCUT2D eigenvalue weighted by atomic mass is 9.99. The fourth-order valence-electron chi connectivity index (χ4n) is 1.99. The Kier molecular flexibility index (Phi) is 3.51. The average Bonchev–Trinajstić information content (AvgIpc) is 2.37. The van der Waals surface area contributed by atoms with Crippen molar-refractivity contribution in [3.05, 3.63) is 53.6 Å². The third-order valence-corrected chi connectivity index (χ3v) is 2.95. The normalized spacial score (nSPS) is 11.4. The van der Waals surface area contributed by atoms with E-state index in [2.05, 4.69) is 5.32 Å². The van der Waals surface area contributed by atoms with E-state index in [-0.39, 0.29) is 0 Å². The number of aryl methyl sites for hydroxylation is 1. The van der Waals surface area contributed by atoms with Crippen LogP contribution in [0.3, 0.4) is 0 Å². The molecule has 0 bridgehead atoms. The number of hydrogen-bond acceptors (Lipinski definition) is 1. The maximum absolute atomic E-state index is 12.8. The van der Waals surface area contributed by atoms with Gasteiger partial charge in [0.25, 0.3) is 0 Å². The first kappa shape index (κ1) is 13.5. The summed E-state index contributed by atoms with van der Waals surface area (Å²) in [6.45, 7) is 1.91. The van der Waals surface area contributed by atoms with Gasteiger partial charge in [0.1, 0.15) is 0 Å². The van der Waals surface area contributed by atoms with Crippen LogP contribution in [-0.4, -0.2) is 7.05 Å². The minimum Gasteiger partial charge on any atom is -0.388 e. The lowest BCUT2D eigenvalue weighted by molar-refractivity contribution is -0.137. The molecule has 2 rings (SSSR count). The molecule has 0 aliphatic rings. The van der Waals surface area contributed by atoms with Gasteiger partial charge in [-0.05, 0) is 30.7 Å². The second-order valence-corrected chi connectivity index (χ2v) is 4.38. The Morgan fingerprint density at radius 2 is 1.74 bits per heavy atom. The van der Waals surface area contributed by atoms with E-state index in [9.17, 15) is 13.2 Å². The van der Waals surface area contributed by atoms with E-state index < -0.39 is 11.7 Å². The summed E-state index contributed by atoms with van der Waals surface area (Å²) in [4.78, 5) is 0. The Bertz CT molecular complexity index is 588. The highest BCUT2D eigenvalue weighted by atomic mass is 19.4. The number of nitrogens with one attached hydrogen (secondary N) is 1. The van der Waals surface area contributed by atoms with Crippen LogP contribution in [0.15, 0.2) is 42.5 Å². The van der Waals surface area contributed by atoms with Gasteiger partial charge in [0.2, 0.25) is 0 Å². The Hall–Kier alpha value is -1.97. The van der Waals surface area contributed by atoms with Gasteiger partial charge in [0.05, 0.1) is 5.56 Å². The summed E-state index contributed by atoms with van der Waals surface area (Å²) in [6, 6.07) is 11.2. The molecule has 0 radical (unpaired) electrons. The second-order valence-electron chi connectivity index (χ2n) is 4.38. The van der Waals surface area contributed by atoms with Crippen LogP contribution >= 0.6 is 0 Å². The van der Waals surface area contributed by atoms with Crippen molar-refractivity contribution in [1.29, 1.82) is 0 Å². The van der Waals surface area contributed by atoms with Gasteiger partial charge in [-0.3, -0.25) is 0 Å². The fraction of sp³-hybridized carbons (Fsp3) is 0.200. The third-order valence-electron chi connectivity index (χ3n) is 2.95. The molecular formula is C15H14F3N. The van der Waals surface area contributed by atoms with Gasteiger partial charge in [-0.25, -0.2) is 0 Å². The average molecular weight is 265 g/mol. The molecule has 0 unspecified atom stereocenters. The third kappa shape index (κ3) is 2.89. The summed E-state index contributed by atoms with van der Waals surface area (Å²) >= 11 is 0. The standard InChI is InChI=1S/C15H14F3N/c1-10-4-3-5-11(8-10)13-9-12(15(16,17)18)6-7-14(13)19-2/h3-9,19H,1-2H3. The lowest BCUT2D eigenvalue weighted by Gasteiger charge is -2.14. The highest BCUT2D eigenvalue weighted by molar-refractivity contribution is 5.78. The summed E-state index contributed by atoms with van der Waals surface area (Å²) in [6.07, 6.45) is -4.33. The molecule has 1 N–H and O–H groups in total. The van der Waals surface area contributed by atoms with Crippen LogP contribution in [0, 0.1) is 6.92 Å². The zero-order valence-electron chi connectivity index (χ0n) is 10.7. The summed E-state index contributed by atoms with van der Waals surface area (Å²) in [5.41, 5.74) is 2.38. The predicted molar refractivity (Wildman–Crippen MR) is 71.2 cm³/mol. The predicted octanol–water partition coefficient (Wildman–Crippen LogP) is 4.72. The van der Waals surface area contributed by atoms with Crippen LogP contribution in [-0.2, 0) is 6.18 Å². The van der Waals surface area contributed by atoms with Crippen molar-refractivity contribution >= 4 is 5.69 Å². The molecule has 0 aliphatic heterocycles. The number of benzene rings is 2. The Morgan fingerprint density at radius 1 is 1.00 bits per heavy atom. The molecule has 19 heavy (non-hydrogen) atoms. The zero-order valence-corrected chi connectivity index (χ0v) is 10.7. The molecule has 2 aromatic carbocycles. The van der Waals surface area contributed by atoms with Gasteiger partial charge in [-0.2, -0.15) is 13.2 Å². The number of alkyl halides is 3. The Balaban J connectivity index is 2.60. The van der Waals surface area contributed by atoms with Crippen molar-refractivity contribution in [3.8, 4) is 11.1 Å². The van der Waals surface area contributed by atoms with Crippen LogP contribution in [0.2, 0.25) is 0 Å². The molecule has 0 atom stereocenters. The summed E-state index contributed by atoms with van der Waals surface area (Å²) in [5.74, 6) is 0. The number of rotatable bonds is 2. The van der Waals surface area contributed by atoms with Gasteiger partial charge in [0, 0.05) is 18.3 Å². The smallest absolute Gasteiger partial charge is 0.388 e. The Morgan fingerprint density at radius 3 is 2.32 bits per heavy atom. The van der Waals surface area contributed by atoms with E-state index in [1.165, 1.54) is 12.1 Å². The van der Waals surface area contributed by atoms with Crippen molar-refractivity contribution in [1.82, 2.24) is 0 Å². The summed E-state index contributed by atoms with van der Waals surface area (Å²) in [5, 5.41) is 2.92. The largest absolute Gasteiger partial charge is 0.416 e. The molecule has 0 aliphatic carbocycles. The van der Waals surface area contributed by atoms with Crippen LogP contribution < -0.4 is 5.32 Å². The molecule has 100 valence electrons. The minimum absolute atomic E-state index is 0.557. The van der Waals surface area contributed by atoms with Gasteiger partial charge in [-0.1, -0.05) is 29.8 Å². The van der Waals surface area contributed by atoms with E-state index in [1.807, 2.05) is 31.2 Å². The molecular weight excluding hydrogens is 251 g/mol. The van der Waals surface area contributed by atoms with Crippen molar-refractivity contribution in [2.24, 2.45) is 0 Å². The maximum Gasteiger partial charge on any atom is 0.416 e. The molecule has 1 nitrogen and oxygen atoms in total. The summed E-state index contributed by atoms with van der Waals surface area (Å²) < 4.78 is 38.3. The highest BCUT2D eigenvalue weighted by Crippen LogP contribution is 2.36. The molecule has 0 amide bonds. The molecule has 0 spiro atoms. The molecule has 2 aromatic rings. The quantitative estimate of drug-likeness (QED) is 0.828. The SMILES string of the molecule is CNc1ccc(C(F)(F)F)cc1-c1cccc(C)c1. The zero-order chi connectivity index (χ0) is 14.0. The van der Waals surface area contributed by atoms with Gasteiger partial charge in [0.15, 0.2) is 0 Å². The Labute approximate surface area is 110 Å². The minimum atomic E-state index is -4.33. The van der Waals surface area contributed by atoms with E-state index >= 15 is 0 Å². The summed E-state index contributed by atoms with van der Waals surface area (Å²) in [7, 11) is 1.70. The molecule has 0 aromatic heterocycles. The maximum atomic E-state index is 12.8. The number of hydrogen-bond donors (Lipinski definition) is 1. The van der Waals surface area contributed by atoms with Crippen molar-refractivity contribution in [2.75, 3.05) is 12.4 Å². The molecule has 0 saturated carbocycles. The highest BCUT2D eigenvalue weighted by Gasteiger charge is 2.31. The van der Waals surface area contributed by atoms with Crippen LogP contribution in [0.1, 0.15) is 11.1 Å². The van der Waals surface area contributed by atoms with Crippen molar-refractivity contribution in [3.63, 3.8) is 0 Å². The van der Waals surface area contributed by atoms with Gasteiger partial charge in [-0.15, -0.1) is 0 Å². The molecule has 0 fully saturated rings. The first-order valence-corrected chi connectivity index (χ1v) is 5.88. The second kappa shape index (κ2) is 4.96. The van der Waals surface area contributed by atoms with E-state index in [0.717, 1.165) is 17.2 Å². The first-order chi connectivity index (χ1) is 8.91. The van der Waals surface area contributed by atoms with Gasteiger partial charge >= 0.3 is 6.18 Å². The fourth-order valence-corrected chi connectivity index (χ4v) is 1.99. The van der Waals surface area contributed by atoms with Crippen LogP contribution in [0.25, 0.3) is 11.1 Å². The lowest BCUT2D eigenvalue weighted by Crippen LogP contribution is -2.05.